The molecular weight excluding hydrogens is 196 g/mol. The molecule has 0 bridgehead atoms. The summed E-state index contributed by atoms with van der Waals surface area (Å²) in [7, 11) is 0. The Kier molecular flexibility index (Phi) is 3.28. The number of hydrogen-bond donors (Lipinski definition) is 1. The van der Waals surface area contributed by atoms with Gasteiger partial charge >= 0.3 is 0 Å². The van der Waals surface area contributed by atoms with Crippen molar-refractivity contribution in [1.82, 2.24) is 10.2 Å². The summed E-state index contributed by atoms with van der Waals surface area (Å²) in [6, 6.07) is 0.878. The summed E-state index contributed by atoms with van der Waals surface area (Å²) in [5, 5.41) is 3.73. The maximum atomic E-state index is 5.64. The van der Waals surface area contributed by atoms with Gasteiger partial charge in [-0.2, -0.15) is 0 Å². The third kappa shape index (κ3) is 2.12. The third-order valence-corrected chi connectivity index (χ3v) is 4.34. The summed E-state index contributed by atoms with van der Waals surface area (Å²) in [6.07, 6.45) is 9.48. The maximum Gasteiger partial charge on any atom is 0.0712 e. The van der Waals surface area contributed by atoms with Gasteiger partial charge in [0.2, 0.25) is 0 Å². The number of rotatable bonds is 3. The minimum absolute atomic E-state index is 0.302. The van der Waals surface area contributed by atoms with Crippen LogP contribution in [-0.2, 0) is 0 Å². The van der Waals surface area contributed by atoms with Crippen molar-refractivity contribution in [2.45, 2.75) is 57.7 Å². The number of piperazine rings is 1. The Morgan fingerprint density at radius 3 is 2.75 bits per heavy atom. The van der Waals surface area contributed by atoms with Crippen molar-refractivity contribution >= 4 is 0 Å². The summed E-state index contributed by atoms with van der Waals surface area (Å²) in [5.74, 6) is 3.82. The van der Waals surface area contributed by atoms with E-state index in [1.54, 1.807) is 0 Å². The van der Waals surface area contributed by atoms with Gasteiger partial charge in [0.05, 0.1) is 6.04 Å². The van der Waals surface area contributed by atoms with Gasteiger partial charge in [-0.25, -0.2) is 0 Å². The molecule has 0 amide bonds. The van der Waals surface area contributed by atoms with Crippen molar-refractivity contribution in [3.05, 3.63) is 0 Å². The average Bonchev–Trinajstić information content (AvgIpc) is 3.09. The predicted octanol–water partition coefficient (Wildman–Crippen LogP) is 1.86. The molecule has 1 N–H and O–H groups in total. The maximum absolute atomic E-state index is 5.64. The molecule has 1 saturated heterocycles. The van der Waals surface area contributed by atoms with Crippen LogP contribution in [0.3, 0.4) is 0 Å². The van der Waals surface area contributed by atoms with Crippen molar-refractivity contribution < 1.29 is 0 Å². The minimum atomic E-state index is 0.302. The molecule has 0 aromatic heterocycles. The first-order valence-corrected chi connectivity index (χ1v) is 6.57. The van der Waals surface area contributed by atoms with E-state index in [4.69, 9.17) is 6.42 Å². The Labute approximate surface area is 99.8 Å². The van der Waals surface area contributed by atoms with Gasteiger partial charge in [-0.15, -0.1) is 6.42 Å². The lowest BCUT2D eigenvalue weighted by molar-refractivity contribution is 0.0632. The van der Waals surface area contributed by atoms with Crippen molar-refractivity contribution in [2.75, 3.05) is 13.1 Å². The van der Waals surface area contributed by atoms with E-state index in [0.29, 0.717) is 17.6 Å². The zero-order valence-electron chi connectivity index (χ0n) is 10.8. The summed E-state index contributed by atoms with van der Waals surface area (Å²) < 4.78 is 0. The van der Waals surface area contributed by atoms with Crippen LogP contribution in [0.15, 0.2) is 0 Å². The van der Waals surface area contributed by atoms with Gasteiger partial charge in [-0.3, -0.25) is 4.90 Å². The predicted molar refractivity (Wildman–Crippen MR) is 68.2 cm³/mol. The average molecular weight is 220 g/mol. The second-order valence-corrected chi connectivity index (χ2v) is 5.68. The Morgan fingerprint density at radius 1 is 1.56 bits per heavy atom. The first-order valence-electron chi connectivity index (χ1n) is 6.57. The van der Waals surface area contributed by atoms with Crippen molar-refractivity contribution in [3.63, 3.8) is 0 Å². The van der Waals surface area contributed by atoms with E-state index in [-0.39, 0.29) is 0 Å². The fraction of sp³-hybridized carbons (Fsp3) is 0.857. The van der Waals surface area contributed by atoms with Crippen molar-refractivity contribution in [2.24, 2.45) is 5.92 Å². The summed E-state index contributed by atoms with van der Waals surface area (Å²) in [4.78, 5) is 2.52. The van der Waals surface area contributed by atoms with Crippen LogP contribution >= 0.6 is 0 Å². The molecule has 0 spiro atoms. The van der Waals surface area contributed by atoms with Gasteiger partial charge < -0.3 is 5.32 Å². The molecule has 0 radical (unpaired) electrons. The van der Waals surface area contributed by atoms with Gasteiger partial charge in [-0.05, 0) is 39.0 Å². The molecule has 0 aromatic carbocycles. The first-order chi connectivity index (χ1) is 7.60. The number of hydrogen-bond acceptors (Lipinski definition) is 2. The summed E-state index contributed by atoms with van der Waals surface area (Å²) >= 11 is 0. The van der Waals surface area contributed by atoms with Gasteiger partial charge in [0.25, 0.3) is 0 Å². The van der Waals surface area contributed by atoms with E-state index in [0.717, 1.165) is 25.4 Å². The lowest BCUT2D eigenvalue weighted by Gasteiger charge is -2.47. The molecule has 1 heterocycles. The number of nitrogens with zero attached hydrogens (tertiary/aromatic N) is 1. The van der Waals surface area contributed by atoms with Gasteiger partial charge in [-0.1, -0.05) is 12.8 Å². The third-order valence-electron chi connectivity index (χ3n) is 4.34. The molecule has 1 saturated carbocycles. The molecule has 2 nitrogen and oxygen atoms in total. The van der Waals surface area contributed by atoms with E-state index in [2.05, 4.69) is 36.9 Å². The fourth-order valence-corrected chi connectivity index (χ4v) is 2.95. The SMILES string of the molecule is C#CC(CC)N1CC(C)(C2CC2)NCC1C. The highest BCUT2D eigenvalue weighted by molar-refractivity contribution is 5.08. The normalized spacial score (nSPS) is 38.0. The largest absolute Gasteiger partial charge is 0.308 e. The highest BCUT2D eigenvalue weighted by Gasteiger charge is 2.46. The van der Waals surface area contributed by atoms with Crippen LogP contribution in [0.4, 0.5) is 0 Å². The standard InChI is InChI=1S/C14H24N2/c1-5-13(6-2)16-10-14(4,12-7-8-12)15-9-11(16)3/h1,11-13,15H,6-10H2,2-4H3. The fourth-order valence-electron chi connectivity index (χ4n) is 2.95. The molecule has 3 atom stereocenters. The quantitative estimate of drug-likeness (QED) is 0.730. The van der Waals surface area contributed by atoms with Gasteiger partial charge in [0.1, 0.15) is 0 Å². The molecule has 1 aliphatic carbocycles. The molecule has 2 fully saturated rings. The Balaban J connectivity index is 2.08. The highest BCUT2D eigenvalue weighted by atomic mass is 15.3. The lowest BCUT2D eigenvalue weighted by Crippen LogP contribution is -2.65. The lowest BCUT2D eigenvalue weighted by atomic mass is 9.90. The summed E-state index contributed by atoms with van der Waals surface area (Å²) in [6.45, 7) is 9.02. The van der Waals surface area contributed by atoms with Gasteiger partial charge in [0.15, 0.2) is 0 Å². The topological polar surface area (TPSA) is 15.3 Å². The van der Waals surface area contributed by atoms with Crippen molar-refractivity contribution in [3.8, 4) is 12.3 Å². The Bertz CT molecular complexity index is 290. The van der Waals surface area contributed by atoms with E-state index >= 15 is 0 Å². The van der Waals surface area contributed by atoms with Crippen LogP contribution in [0, 0.1) is 18.3 Å². The highest BCUT2D eigenvalue weighted by Crippen LogP contribution is 2.41. The van der Waals surface area contributed by atoms with E-state index in [9.17, 15) is 0 Å². The van der Waals surface area contributed by atoms with E-state index in [1.165, 1.54) is 12.8 Å². The molecule has 3 unspecified atom stereocenters. The van der Waals surface area contributed by atoms with Crippen molar-refractivity contribution in [1.29, 1.82) is 0 Å². The van der Waals surface area contributed by atoms with Crippen LogP contribution in [0.2, 0.25) is 0 Å². The minimum Gasteiger partial charge on any atom is -0.308 e. The molecule has 2 aliphatic rings. The van der Waals surface area contributed by atoms with Crippen LogP contribution in [0.25, 0.3) is 0 Å². The number of terminal acetylenes is 1. The molecule has 2 rings (SSSR count). The Hall–Kier alpha value is -0.520. The zero-order chi connectivity index (χ0) is 11.8. The molecule has 1 aliphatic heterocycles. The van der Waals surface area contributed by atoms with E-state index < -0.39 is 0 Å². The first kappa shape index (κ1) is 12.0. The summed E-state index contributed by atoms with van der Waals surface area (Å²) in [5.41, 5.74) is 0.302. The molecular formula is C14H24N2. The van der Waals surface area contributed by atoms with Crippen LogP contribution < -0.4 is 5.32 Å². The monoisotopic (exact) mass is 220 g/mol. The zero-order valence-corrected chi connectivity index (χ0v) is 10.8. The molecule has 2 heteroatoms. The second-order valence-electron chi connectivity index (χ2n) is 5.68. The molecule has 16 heavy (non-hydrogen) atoms. The Morgan fingerprint density at radius 2 is 2.25 bits per heavy atom. The smallest absolute Gasteiger partial charge is 0.0712 e. The van der Waals surface area contributed by atoms with Crippen LogP contribution in [0.5, 0.6) is 0 Å². The molecule has 90 valence electrons. The van der Waals surface area contributed by atoms with Crippen LogP contribution in [-0.4, -0.2) is 35.6 Å². The van der Waals surface area contributed by atoms with Gasteiger partial charge in [0, 0.05) is 24.7 Å². The second kappa shape index (κ2) is 4.39. The number of nitrogens with one attached hydrogen (secondary N) is 1. The van der Waals surface area contributed by atoms with Crippen LogP contribution in [0.1, 0.15) is 40.0 Å². The van der Waals surface area contributed by atoms with E-state index in [1.807, 2.05) is 0 Å². The molecule has 0 aromatic rings.